The number of amides is 1. The first-order valence-electron chi connectivity index (χ1n) is 6.55. The third-order valence-electron chi connectivity index (χ3n) is 3.14. The van der Waals surface area contributed by atoms with Gasteiger partial charge >= 0.3 is 0 Å². The molecular formula is C14H20N2O3. The van der Waals surface area contributed by atoms with Gasteiger partial charge in [0.2, 0.25) is 0 Å². The molecular weight excluding hydrogens is 244 g/mol. The van der Waals surface area contributed by atoms with E-state index in [4.69, 9.17) is 15.2 Å². The summed E-state index contributed by atoms with van der Waals surface area (Å²) in [6.07, 6.45) is 1.66. The van der Waals surface area contributed by atoms with E-state index in [1.165, 1.54) is 0 Å². The first-order chi connectivity index (χ1) is 9.16. The molecule has 0 aromatic heterocycles. The Labute approximate surface area is 113 Å². The van der Waals surface area contributed by atoms with Crippen molar-refractivity contribution in [2.24, 2.45) is 0 Å². The van der Waals surface area contributed by atoms with Gasteiger partial charge in [-0.25, -0.2) is 0 Å². The van der Waals surface area contributed by atoms with Gasteiger partial charge in [-0.2, -0.15) is 0 Å². The number of nitrogens with one attached hydrogen (secondary N) is 1. The summed E-state index contributed by atoms with van der Waals surface area (Å²) >= 11 is 0. The topological polar surface area (TPSA) is 73.6 Å². The van der Waals surface area contributed by atoms with Gasteiger partial charge in [-0.3, -0.25) is 4.79 Å². The van der Waals surface area contributed by atoms with Gasteiger partial charge in [-0.15, -0.1) is 0 Å². The summed E-state index contributed by atoms with van der Waals surface area (Å²) in [6, 6.07) is 7.15. The number of hydrogen-bond donors (Lipinski definition) is 2. The summed E-state index contributed by atoms with van der Waals surface area (Å²) in [4.78, 5) is 11.9. The van der Waals surface area contributed by atoms with Crippen LogP contribution in [0, 0.1) is 0 Å². The van der Waals surface area contributed by atoms with E-state index in [2.05, 4.69) is 5.32 Å². The fraction of sp³-hybridized carbons (Fsp3) is 0.500. The Hall–Kier alpha value is -1.59. The Bertz CT molecular complexity index is 430. The molecule has 1 aromatic rings. The molecule has 1 aromatic carbocycles. The Morgan fingerprint density at radius 2 is 2.37 bits per heavy atom. The van der Waals surface area contributed by atoms with E-state index >= 15 is 0 Å². The molecule has 2 unspecified atom stereocenters. The largest absolute Gasteiger partial charge is 0.397 e. The summed E-state index contributed by atoms with van der Waals surface area (Å²) in [6.45, 7) is 2.97. The summed E-state index contributed by atoms with van der Waals surface area (Å²) in [5.74, 6) is -0.198. The molecule has 1 amide bonds. The first kappa shape index (κ1) is 13.8. The van der Waals surface area contributed by atoms with E-state index in [-0.39, 0.29) is 12.0 Å². The lowest BCUT2D eigenvalue weighted by molar-refractivity contribution is -0.128. The molecule has 0 bridgehead atoms. The Balaban J connectivity index is 1.80. The van der Waals surface area contributed by atoms with E-state index in [1.807, 2.05) is 12.1 Å². The van der Waals surface area contributed by atoms with Crippen LogP contribution in [0.2, 0.25) is 0 Å². The van der Waals surface area contributed by atoms with Gasteiger partial charge in [0.15, 0.2) is 0 Å². The summed E-state index contributed by atoms with van der Waals surface area (Å²) in [5, 5.41) is 2.76. The van der Waals surface area contributed by atoms with Crippen molar-refractivity contribution in [2.75, 3.05) is 24.3 Å². The zero-order valence-corrected chi connectivity index (χ0v) is 11.1. The summed E-state index contributed by atoms with van der Waals surface area (Å²) < 4.78 is 11.0. The number of para-hydroxylation sites is 2. The number of nitrogens with two attached hydrogens (primary N) is 1. The number of carbonyl (C=O) groups is 1. The van der Waals surface area contributed by atoms with Crippen LogP contribution in [0.3, 0.4) is 0 Å². The number of nitrogen functional groups attached to an aromatic ring is 1. The predicted molar refractivity (Wildman–Crippen MR) is 73.9 cm³/mol. The van der Waals surface area contributed by atoms with E-state index in [0.717, 1.165) is 19.4 Å². The van der Waals surface area contributed by atoms with Gasteiger partial charge in [-0.05, 0) is 31.9 Å². The molecule has 1 aliphatic rings. The van der Waals surface area contributed by atoms with E-state index < -0.39 is 6.10 Å². The predicted octanol–water partition coefficient (Wildman–Crippen LogP) is 1.79. The van der Waals surface area contributed by atoms with Crippen LogP contribution in [0.25, 0.3) is 0 Å². The fourth-order valence-corrected chi connectivity index (χ4v) is 1.95. The van der Waals surface area contributed by atoms with Crippen LogP contribution in [-0.2, 0) is 14.3 Å². The summed E-state index contributed by atoms with van der Waals surface area (Å²) in [5.41, 5.74) is 6.92. The highest BCUT2D eigenvalue weighted by Gasteiger charge is 2.20. The van der Waals surface area contributed by atoms with Crippen LogP contribution in [0.4, 0.5) is 11.4 Å². The second kappa shape index (κ2) is 6.54. The highest BCUT2D eigenvalue weighted by molar-refractivity contribution is 5.96. The molecule has 5 heteroatoms. The number of carbonyl (C=O) groups excluding carboxylic acids is 1. The Morgan fingerprint density at radius 1 is 1.58 bits per heavy atom. The standard InChI is InChI=1S/C14H20N2O3/c1-10(19-9-11-5-4-8-18-11)14(17)16-13-7-3-2-6-12(13)15/h2-3,6-7,10-11H,4-5,8-9,15H2,1H3,(H,16,17). The van der Waals surface area contributed by atoms with Crippen LogP contribution in [-0.4, -0.2) is 31.3 Å². The minimum absolute atomic E-state index is 0.122. The number of hydrogen-bond acceptors (Lipinski definition) is 4. The van der Waals surface area contributed by atoms with E-state index in [1.54, 1.807) is 19.1 Å². The van der Waals surface area contributed by atoms with Crippen LogP contribution < -0.4 is 11.1 Å². The molecule has 5 nitrogen and oxygen atoms in total. The monoisotopic (exact) mass is 264 g/mol. The van der Waals surface area contributed by atoms with Gasteiger partial charge in [0.05, 0.1) is 24.1 Å². The van der Waals surface area contributed by atoms with Crippen LogP contribution in [0.15, 0.2) is 24.3 Å². The minimum Gasteiger partial charge on any atom is -0.397 e. The van der Waals surface area contributed by atoms with Crippen LogP contribution in [0.1, 0.15) is 19.8 Å². The van der Waals surface area contributed by atoms with Crippen molar-refractivity contribution < 1.29 is 14.3 Å². The average Bonchev–Trinajstić information content (AvgIpc) is 2.91. The van der Waals surface area contributed by atoms with Crippen molar-refractivity contribution >= 4 is 17.3 Å². The van der Waals surface area contributed by atoms with Gasteiger partial charge in [0, 0.05) is 6.61 Å². The lowest BCUT2D eigenvalue weighted by atomic mass is 10.2. The van der Waals surface area contributed by atoms with Crippen LogP contribution in [0.5, 0.6) is 0 Å². The van der Waals surface area contributed by atoms with Gasteiger partial charge < -0.3 is 20.5 Å². The van der Waals surface area contributed by atoms with Gasteiger partial charge in [0.1, 0.15) is 6.10 Å². The molecule has 1 heterocycles. The van der Waals surface area contributed by atoms with Gasteiger partial charge in [0.25, 0.3) is 5.91 Å². The number of anilines is 2. The summed E-state index contributed by atoms with van der Waals surface area (Å²) in [7, 11) is 0. The molecule has 104 valence electrons. The fourth-order valence-electron chi connectivity index (χ4n) is 1.95. The molecule has 2 atom stereocenters. The second-order valence-corrected chi connectivity index (χ2v) is 4.69. The minimum atomic E-state index is -0.524. The molecule has 1 fully saturated rings. The molecule has 0 spiro atoms. The van der Waals surface area contributed by atoms with Crippen molar-refractivity contribution in [1.82, 2.24) is 0 Å². The lowest BCUT2D eigenvalue weighted by Gasteiger charge is -2.16. The zero-order valence-electron chi connectivity index (χ0n) is 11.1. The van der Waals surface area contributed by atoms with E-state index in [0.29, 0.717) is 18.0 Å². The quantitative estimate of drug-likeness (QED) is 0.795. The number of ether oxygens (including phenoxy) is 2. The first-order valence-corrected chi connectivity index (χ1v) is 6.55. The van der Waals surface area contributed by atoms with Crippen molar-refractivity contribution in [1.29, 1.82) is 0 Å². The van der Waals surface area contributed by atoms with Crippen molar-refractivity contribution in [2.45, 2.75) is 32.0 Å². The Kier molecular flexibility index (Phi) is 4.76. The molecule has 19 heavy (non-hydrogen) atoms. The molecule has 1 saturated heterocycles. The SMILES string of the molecule is CC(OCC1CCCO1)C(=O)Nc1ccccc1N. The third kappa shape index (κ3) is 3.94. The Morgan fingerprint density at radius 3 is 3.05 bits per heavy atom. The molecule has 1 aliphatic heterocycles. The highest BCUT2D eigenvalue weighted by Crippen LogP contribution is 2.17. The normalized spacial score (nSPS) is 20.2. The second-order valence-electron chi connectivity index (χ2n) is 4.69. The molecule has 0 saturated carbocycles. The smallest absolute Gasteiger partial charge is 0.253 e. The lowest BCUT2D eigenvalue weighted by Crippen LogP contribution is -2.30. The third-order valence-corrected chi connectivity index (χ3v) is 3.14. The maximum atomic E-state index is 11.9. The van der Waals surface area contributed by atoms with E-state index in [9.17, 15) is 4.79 Å². The van der Waals surface area contributed by atoms with Crippen LogP contribution >= 0.6 is 0 Å². The van der Waals surface area contributed by atoms with Crippen molar-refractivity contribution in [3.05, 3.63) is 24.3 Å². The average molecular weight is 264 g/mol. The maximum Gasteiger partial charge on any atom is 0.253 e. The molecule has 3 N–H and O–H groups in total. The maximum absolute atomic E-state index is 11.9. The molecule has 0 aliphatic carbocycles. The number of rotatable bonds is 5. The van der Waals surface area contributed by atoms with Gasteiger partial charge in [-0.1, -0.05) is 12.1 Å². The highest BCUT2D eigenvalue weighted by atomic mass is 16.5. The number of benzene rings is 1. The van der Waals surface area contributed by atoms with Crippen molar-refractivity contribution in [3.63, 3.8) is 0 Å². The molecule has 0 radical (unpaired) electrons. The van der Waals surface area contributed by atoms with Crippen molar-refractivity contribution in [3.8, 4) is 0 Å². The molecule has 2 rings (SSSR count). The zero-order chi connectivity index (χ0) is 13.7.